The van der Waals surface area contributed by atoms with Gasteiger partial charge in [0.2, 0.25) is 0 Å². The Labute approximate surface area is 285 Å². The van der Waals surface area contributed by atoms with Gasteiger partial charge in [0.1, 0.15) is 31.2 Å². The molecule has 5 aliphatic rings. The average Bonchev–Trinajstić information content (AvgIpc) is 3.42. The summed E-state index contributed by atoms with van der Waals surface area (Å²) in [5.74, 6) is 2.54. The Morgan fingerprint density at radius 1 is 0.958 bits per heavy atom. The van der Waals surface area contributed by atoms with Crippen LogP contribution in [0.15, 0.2) is 53.2 Å². The molecule has 0 amide bonds. The van der Waals surface area contributed by atoms with Gasteiger partial charge in [-0.3, -0.25) is 9.59 Å². The van der Waals surface area contributed by atoms with Crippen molar-refractivity contribution < 1.29 is 38.1 Å². The van der Waals surface area contributed by atoms with Crippen molar-refractivity contribution in [2.75, 3.05) is 13.7 Å². The molecule has 0 bridgehead atoms. The van der Waals surface area contributed by atoms with Crippen molar-refractivity contribution in [3.05, 3.63) is 53.6 Å². The van der Waals surface area contributed by atoms with Crippen molar-refractivity contribution in [1.82, 2.24) is 0 Å². The van der Waals surface area contributed by atoms with E-state index in [1.54, 1.807) is 13.2 Å². The number of hydrogen-bond acceptors (Lipinski definition) is 9. The van der Waals surface area contributed by atoms with E-state index in [2.05, 4.69) is 32.0 Å². The molecule has 9 nitrogen and oxygen atoms in total. The largest absolute Gasteiger partial charge is 0.497 e. The molecule has 6 rings (SSSR count). The van der Waals surface area contributed by atoms with Crippen LogP contribution in [0.1, 0.15) is 91.5 Å². The molecular formula is C39H53NO8. The molecule has 262 valence electrons. The van der Waals surface area contributed by atoms with Crippen LogP contribution in [0.3, 0.4) is 0 Å². The maximum Gasteiger partial charge on any atom is 0.303 e. The third kappa shape index (κ3) is 7.09. The SMILES string of the molecule is COc1ccc(CO/N=C(\C)[C@H]2CCC3C4CC=C5C[C@@H](OC6C=C[C@H](OC(C)=O)[C@@H](COC(C)=O)O6)CC[C@]5(C)C4CC[C@@]32C)cc1. The van der Waals surface area contributed by atoms with Crippen LogP contribution in [0.25, 0.3) is 0 Å². The molecular weight excluding hydrogens is 610 g/mol. The molecule has 3 fully saturated rings. The van der Waals surface area contributed by atoms with Crippen LogP contribution in [0, 0.1) is 34.5 Å². The Balaban J connectivity index is 1.07. The molecule has 1 aromatic carbocycles. The van der Waals surface area contributed by atoms with Crippen molar-refractivity contribution in [2.24, 2.45) is 39.7 Å². The first-order valence-electron chi connectivity index (χ1n) is 17.8. The van der Waals surface area contributed by atoms with E-state index < -0.39 is 30.4 Å². The van der Waals surface area contributed by atoms with Crippen molar-refractivity contribution in [1.29, 1.82) is 0 Å². The summed E-state index contributed by atoms with van der Waals surface area (Å²) in [6.45, 7) is 10.4. The van der Waals surface area contributed by atoms with Crippen LogP contribution in [-0.4, -0.2) is 56.0 Å². The summed E-state index contributed by atoms with van der Waals surface area (Å²) in [7, 11) is 1.68. The number of carbonyl (C=O) groups excluding carboxylic acids is 2. The number of esters is 2. The van der Waals surface area contributed by atoms with E-state index in [9.17, 15) is 9.59 Å². The average molecular weight is 664 g/mol. The number of allylic oxidation sites excluding steroid dienone is 1. The van der Waals surface area contributed by atoms with E-state index >= 15 is 0 Å². The number of fused-ring (bicyclic) bond motifs is 5. The van der Waals surface area contributed by atoms with Crippen LogP contribution in [0.4, 0.5) is 0 Å². The maximum atomic E-state index is 11.6. The second-order valence-electron chi connectivity index (χ2n) is 15.1. The number of nitrogens with zero attached hydrogens (tertiary/aromatic N) is 1. The van der Waals surface area contributed by atoms with Gasteiger partial charge in [0.05, 0.1) is 18.9 Å². The second-order valence-corrected chi connectivity index (χ2v) is 15.1. The number of oxime groups is 1. The molecule has 0 spiro atoms. The van der Waals surface area contributed by atoms with Crippen LogP contribution in [0.5, 0.6) is 5.75 Å². The van der Waals surface area contributed by atoms with E-state index in [0.717, 1.165) is 42.7 Å². The molecule has 1 heterocycles. The fourth-order valence-corrected chi connectivity index (χ4v) is 9.95. The van der Waals surface area contributed by atoms with Gasteiger partial charge in [-0.1, -0.05) is 42.8 Å². The summed E-state index contributed by atoms with van der Waals surface area (Å²) in [4.78, 5) is 28.9. The van der Waals surface area contributed by atoms with Gasteiger partial charge in [0.15, 0.2) is 6.29 Å². The summed E-state index contributed by atoms with van der Waals surface area (Å²) < 4.78 is 28.5. The zero-order valence-corrected chi connectivity index (χ0v) is 29.4. The fourth-order valence-electron chi connectivity index (χ4n) is 9.95. The smallest absolute Gasteiger partial charge is 0.303 e. The molecule has 1 aromatic rings. The number of rotatable bonds is 10. The standard InChI is InChI=1S/C39H53NO8/c1-24(40-45-22-27-7-10-29(43-6)11-8-27)32-13-14-33-31-12-9-28-21-30(17-19-38(28,4)34(31)18-20-39(32,33)5)47-37-16-15-35(46-26(3)42)36(48-37)23-44-25(2)41/h7-11,15-16,30-37H,12-14,17-23H2,1-6H3/b40-24+/t30-,31?,32+,33?,34?,35-,36+,37?,38-,39+/m0/s1. The molecule has 0 radical (unpaired) electrons. The van der Waals surface area contributed by atoms with Crippen LogP contribution in [-0.2, 0) is 40.0 Å². The Bertz CT molecular complexity index is 1420. The first-order chi connectivity index (χ1) is 23.0. The minimum absolute atomic E-state index is 0.00250. The van der Waals surface area contributed by atoms with Gasteiger partial charge in [-0.2, -0.15) is 0 Å². The molecule has 4 unspecified atom stereocenters. The van der Waals surface area contributed by atoms with Crippen LogP contribution in [0.2, 0.25) is 0 Å². The molecule has 3 saturated carbocycles. The molecule has 48 heavy (non-hydrogen) atoms. The third-order valence-electron chi connectivity index (χ3n) is 12.4. The molecule has 0 aromatic heterocycles. The summed E-state index contributed by atoms with van der Waals surface area (Å²) in [6.07, 6.45) is 13.4. The second kappa shape index (κ2) is 14.4. The lowest BCUT2D eigenvalue weighted by atomic mass is 9.47. The first kappa shape index (κ1) is 34.7. The predicted molar refractivity (Wildman–Crippen MR) is 181 cm³/mol. The molecule has 0 saturated heterocycles. The van der Waals surface area contributed by atoms with Gasteiger partial charge in [0, 0.05) is 19.8 Å². The topological polar surface area (TPSA) is 102 Å². The number of carbonyl (C=O) groups is 2. The van der Waals surface area contributed by atoms with Gasteiger partial charge in [-0.15, -0.1) is 0 Å². The van der Waals surface area contributed by atoms with Crippen molar-refractivity contribution in [3.63, 3.8) is 0 Å². The summed E-state index contributed by atoms with van der Waals surface area (Å²) in [5.41, 5.74) is 4.19. The quantitative estimate of drug-likeness (QED) is 0.111. The van der Waals surface area contributed by atoms with Gasteiger partial charge in [-0.25, -0.2) is 0 Å². The number of methoxy groups -OCH3 is 1. The minimum Gasteiger partial charge on any atom is -0.497 e. The van der Waals surface area contributed by atoms with Crippen molar-refractivity contribution in [2.45, 2.75) is 117 Å². The highest BCUT2D eigenvalue weighted by Gasteiger charge is 2.59. The zero-order valence-electron chi connectivity index (χ0n) is 29.4. The van der Waals surface area contributed by atoms with E-state index in [4.69, 9.17) is 28.5 Å². The van der Waals surface area contributed by atoms with Crippen molar-refractivity contribution in [3.8, 4) is 5.75 Å². The molecule has 4 aliphatic carbocycles. The van der Waals surface area contributed by atoms with Gasteiger partial charge < -0.3 is 28.5 Å². The summed E-state index contributed by atoms with van der Waals surface area (Å²) in [6, 6.07) is 7.96. The van der Waals surface area contributed by atoms with Gasteiger partial charge in [-0.05, 0) is 117 Å². The third-order valence-corrected chi connectivity index (χ3v) is 12.4. The highest BCUT2D eigenvalue weighted by atomic mass is 16.7. The van der Waals surface area contributed by atoms with Crippen molar-refractivity contribution >= 4 is 17.7 Å². The maximum absolute atomic E-state index is 11.6. The molecule has 0 N–H and O–H groups in total. The Kier molecular flexibility index (Phi) is 10.4. The zero-order chi connectivity index (χ0) is 34.1. The van der Waals surface area contributed by atoms with Gasteiger partial charge >= 0.3 is 11.9 Å². The number of hydrogen-bond donors (Lipinski definition) is 0. The first-order valence-corrected chi connectivity index (χ1v) is 17.8. The normalized spacial score (nSPS) is 37.4. The Morgan fingerprint density at radius 3 is 2.48 bits per heavy atom. The Morgan fingerprint density at radius 2 is 1.75 bits per heavy atom. The molecule has 1 aliphatic heterocycles. The highest BCUT2D eigenvalue weighted by molar-refractivity contribution is 5.85. The molecule has 9 heteroatoms. The molecule has 10 atom stereocenters. The van der Waals surface area contributed by atoms with Crippen LogP contribution < -0.4 is 4.74 Å². The summed E-state index contributed by atoms with van der Waals surface area (Å²) in [5, 5.41) is 4.66. The van der Waals surface area contributed by atoms with Gasteiger partial charge in [0.25, 0.3) is 0 Å². The lowest BCUT2D eigenvalue weighted by molar-refractivity contribution is -0.213. The van der Waals surface area contributed by atoms with E-state index in [1.807, 2.05) is 30.3 Å². The fraction of sp³-hybridized carbons (Fsp3) is 0.667. The number of benzene rings is 1. The summed E-state index contributed by atoms with van der Waals surface area (Å²) >= 11 is 0. The van der Waals surface area contributed by atoms with E-state index in [-0.39, 0.29) is 23.5 Å². The van der Waals surface area contributed by atoms with E-state index in [0.29, 0.717) is 30.3 Å². The Hall–Kier alpha value is -3.17. The van der Waals surface area contributed by atoms with Crippen LogP contribution >= 0.6 is 0 Å². The minimum atomic E-state index is -0.622. The lowest BCUT2D eigenvalue weighted by Gasteiger charge is -2.58. The highest BCUT2D eigenvalue weighted by Crippen LogP contribution is 2.66. The predicted octanol–water partition coefficient (Wildman–Crippen LogP) is 7.33. The number of ether oxygens (including phenoxy) is 5. The monoisotopic (exact) mass is 663 g/mol. The lowest BCUT2D eigenvalue weighted by Crippen LogP contribution is -2.51. The van der Waals surface area contributed by atoms with E-state index in [1.165, 1.54) is 45.1 Å².